The van der Waals surface area contributed by atoms with E-state index in [-0.39, 0.29) is 18.3 Å². The second kappa shape index (κ2) is 6.30. The molecule has 1 aromatic carbocycles. The summed E-state index contributed by atoms with van der Waals surface area (Å²) in [5, 5.41) is 7.34. The molecule has 0 saturated carbocycles. The van der Waals surface area contributed by atoms with E-state index in [1.54, 1.807) is 17.7 Å². The van der Waals surface area contributed by atoms with Crippen LogP contribution < -0.4 is 5.32 Å². The van der Waals surface area contributed by atoms with Crippen molar-refractivity contribution in [3.8, 4) is 0 Å². The van der Waals surface area contributed by atoms with E-state index < -0.39 is 0 Å². The van der Waals surface area contributed by atoms with Gasteiger partial charge in [-0.15, -0.1) is 0 Å². The van der Waals surface area contributed by atoms with Crippen LogP contribution in [0, 0.1) is 12.7 Å². The summed E-state index contributed by atoms with van der Waals surface area (Å²) in [6.45, 7) is 1.96. The Morgan fingerprint density at radius 1 is 1.32 bits per heavy atom. The molecule has 1 amide bonds. The predicted octanol–water partition coefficient (Wildman–Crippen LogP) is 3.24. The summed E-state index contributed by atoms with van der Waals surface area (Å²) in [7, 11) is 0. The quantitative estimate of drug-likeness (QED) is 0.885. The predicted molar refractivity (Wildman–Crippen MR) is 83.3 cm³/mol. The van der Waals surface area contributed by atoms with Gasteiger partial charge in [-0.05, 0) is 61.9 Å². The molecule has 0 bridgehead atoms. The molecule has 3 rings (SSSR count). The van der Waals surface area contributed by atoms with Crippen molar-refractivity contribution < 1.29 is 9.18 Å². The van der Waals surface area contributed by atoms with Crippen molar-refractivity contribution in [1.82, 2.24) is 9.78 Å². The Hall–Kier alpha value is -2.17. The summed E-state index contributed by atoms with van der Waals surface area (Å²) in [4.78, 5) is 12.1. The molecule has 0 fully saturated rings. The van der Waals surface area contributed by atoms with Crippen molar-refractivity contribution in [1.29, 1.82) is 0 Å². The molecule has 0 saturated heterocycles. The first-order chi connectivity index (χ1) is 10.6. The largest absolute Gasteiger partial charge is 0.324 e. The summed E-state index contributed by atoms with van der Waals surface area (Å²) in [6, 6.07) is 4.34. The van der Waals surface area contributed by atoms with Gasteiger partial charge in [-0.1, -0.05) is 6.42 Å². The Kier molecular flexibility index (Phi) is 4.22. The van der Waals surface area contributed by atoms with Crippen LogP contribution in [0.1, 0.15) is 36.1 Å². The lowest BCUT2D eigenvalue weighted by molar-refractivity contribution is -0.116. The first-order valence-electron chi connectivity index (χ1n) is 7.73. The monoisotopic (exact) mass is 301 g/mol. The van der Waals surface area contributed by atoms with Gasteiger partial charge in [0.2, 0.25) is 5.91 Å². The molecule has 1 aromatic heterocycles. The third-order valence-corrected chi connectivity index (χ3v) is 4.05. The summed E-state index contributed by atoms with van der Waals surface area (Å²) in [6.07, 6.45) is 7.65. The topological polar surface area (TPSA) is 46.9 Å². The van der Waals surface area contributed by atoms with Gasteiger partial charge in [0, 0.05) is 11.9 Å². The van der Waals surface area contributed by atoms with E-state index in [4.69, 9.17) is 0 Å². The number of nitrogens with zero attached hydrogens (tertiary/aromatic N) is 2. The molecular weight excluding hydrogens is 281 g/mol. The van der Waals surface area contributed by atoms with Gasteiger partial charge in [-0.2, -0.15) is 5.10 Å². The fourth-order valence-electron chi connectivity index (χ4n) is 2.89. The Morgan fingerprint density at radius 3 is 2.95 bits per heavy atom. The molecule has 0 aliphatic heterocycles. The lowest BCUT2D eigenvalue weighted by Gasteiger charge is -2.08. The third-order valence-electron chi connectivity index (χ3n) is 4.05. The lowest BCUT2D eigenvalue weighted by Crippen LogP contribution is -2.19. The van der Waals surface area contributed by atoms with Crippen LogP contribution in [-0.4, -0.2) is 15.7 Å². The molecule has 1 aliphatic rings. The maximum atomic E-state index is 13.1. The number of aromatic nitrogens is 2. The summed E-state index contributed by atoms with van der Waals surface area (Å²) in [5.74, 6) is -0.446. The summed E-state index contributed by atoms with van der Waals surface area (Å²) < 4.78 is 14.8. The minimum atomic E-state index is -0.300. The highest BCUT2D eigenvalue weighted by molar-refractivity contribution is 5.91. The van der Waals surface area contributed by atoms with Gasteiger partial charge in [0.25, 0.3) is 0 Å². The molecule has 5 heteroatoms. The smallest absolute Gasteiger partial charge is 0.246 e. The Bertz CT molecular complexity index is 670. The number of nitrogens with one attached hydrogen (secondary N) is 1. The molecule has 0 unspecified atom stereocenters. The minimum absolute atomic E-state index is 0.146. The molecule has 0 spiro atoms. The number of fused-ring (bicyclic) bond motifs is 1. The molecule has 1 heterocycles. The van der Waals surface area contributed by atoms with E-state index in [1.807, 2.05) is 6.20 Å². The number of hydrogen-bond acceptors (Lipinski definition) is 2. The molecule has 2 aromatic rings. The zero-order valence-electron chi connectivity index (χ0n) is 12.7. The lowest BCUT2D eigenvalue weighted by atomic mass is 10.1. The highest BCUT2D eigenvalue weighted by Gasteiger charge is 2.14. The minimum Gasteiger partial charge on any atom is -0.324 e. The van der Waals surface area contributed by atoms with E-state index in [0.717, 1.165) is 18.5 Å². The molecule has 116 valence electrons. The van der Waals surface area contributed by atoms with Crippen LogP contribution in [0.15, 0.2) is 24.4 Å². The highest BCUT2D eigenvalue weighted by Crippen LogP contribution is 2.19. The van der Waals surface area contributed by atoms with Gasteiger partial charge in [0.05, 0.1) is 5.69 Å². The molecular formula is C17H20FN3O. The highest BCUT2D eigenvalue weighted by atomic mass is 19.1. The maximum absolute atomic E-state index is 13.1. The number of halogens is 1. The zero-order valence-corrected chi connectivity index (χ0v) is 12.7. The van der Waals surface area contributed by atoms with Crippen molar-refractivity contribution in [2.75, 3.05) is 5.32 Å². The van der Waals surface area contributed by atoms with Crippen LogP contribution in [0.2, 0.25) is 0 Å². The number of anilines is 1. The fraction of sp³-hybridized carbons (Fsp3) is 0.412. The number of carbonyl (C=O) groups is 1. The number of hydrogen-bond donors (Lipinski definition) is 1. The molecule has 22 heavy (non-hydrogen) atoms. The van der Waals surface area contributed by atoms with Crippen molar-refractivity contribution in [2.45, 2.75) is 45.6 Å². The second-order valence-electron chi connectivity index (χ2n) is 5.87. The van der Waals surface area contributed by atoms with E-state index in [2.05, 4.69) is 10.4 Å². The molecule has 0 atom stereocenters. The van der Waals surface area contributed by atoms with Crippen LogP contribution in [0.4, 0.5) is 10.1 Å². The average Bonchev–Trinajstić information content (AvgIpc) is 2.70. The molecule has 1 N–H and O–H groups in total. The van der Waals surface area contributed by atoms with Crippen LogP contribution in [0.25, 0.3) is 0 Å². The van der Waals surface area contributed by atoms with Gasteiger partial charge < -0.3 is 5.32 Å². The van der Waals surface area contributed by atoms with Gasteiger partial charge in [0.15, 0.2) is 0 Å². The molecule has 4 nitrogen and oxygen atoms in total. The Morgan fingerprint density at radius 2 is 2.14 bits per heavy atom. The normalized spacial score (nSPS) is 14.3. The maximum Gasteiger partial charge on any atom is 0.246 e. The van der Waals surface area contributed by atoms with Gasteiger partial charge in [-0.25, -0.2) is 4.39 Å². The number of rotatable bonds is 3. The summed E-state index contributed by atoms with van der Waals surface area (Å²) >= 11 is 0. The van der Waals surface area contributed by atoms with Gasteiger partial charge in [-0.3, -0.25) is 9.48 Å². The fourth-order valence-corrected chi connectivity index (χ4v) is 2.89. The number of carbonyl (C=O) groups excluding carboxylic acids is 1. The number of aryl methyl sites for hydroxylation is 3. The van der Waals surface area contributed by atoms with Crippen LogP contribution in [0.3, 0.4) is 0 Å². The average molecular weight is 301 g/mol. The van der Waals surface area contributed by atoms with Gasteiger partial charge in [0.1, 0.15) is 12.4 Å². The number of amides is 1. The third kappa shape index (κ3) is 3.35. The zero-order chi connectivity index (χ0) is 15.5. The molecule has 0 radical (unpaired) electrons. The van der Waals surface area contributed by atoms with Crippen molar-refractivity contribution in [3.05, 3.63) is 47.0 Å². The second-order valence-corrected chi connectivity index (χ2v) is 5.87. The number of benzene rings is 1. The SMILES string of the molecule is Cc1cc(F)ccc1NC(=O)Cn1cc2c(n1)CCCCC2. The Labute approximate surface area is 129 Å². The Balaban J connectivity index is 1.67. The van der Waals surface area contributed by atoms with E-state index >= 15 is 0 Å². The van der Waals surface area contributed by atoms with Crippen LogP contribution >= 0.6 is 0 Å². The standard InChI is InChI=1S/C17H20FN3O/c1-12-9-14(18)7-8-15(12)19-17(22)11-21-10-13-5-3-2-4-6-16(13)20-21/h7-10H,2-6,11H2,1H3,(H,19,22). The summed E-state index contributed by atoms with van der Waals surface area (Å²) in [5.41, 5.74) is 3.75. The van der Waals surface area contributed by atoms with Gasteiger partial charge >= 0.3 is 0 Å². The molecule has 1 aliphatic carbocycles. The van der Waals surface area contributed by atoms with Crippen molar-refractivity contribution in [2.24, 2.45) is 0 Å². The first-order valence-corrected chi connectivity index (χ1v) is 7.73. The van der Waals surface area contributed by atoms with Crippen LogP contribution in [0.5, 0.6) is 0 Å². The van der Waals surface area contributed by atoms with Crippen molar-refractivity contribution in [3.63, 3.8) is 0 Å². The van der Waals surface area contributed by atoms with E-state index in [1.165, 1.54) is 37.0 Å². The first kappa shape index (κ1) is 14.8. The van der Waals surface area contributed by atoms with Crippen molar-refractivity contribution >= 4 is 11.6 Å². The van der Waals surface area contributed by atoms with Crippen LogP contribution in [-0.2, 0) is 24.2 Å². The van der Waals surface area contributed by atoms with E-state index in [9.17, 15) is 9.18 Å². The van der Waals surface area contributed by atoms with E-state index in [0.29, 0.717) is 11.3 Å².